The first-order valence-corrected chi connectivity index (χ1v) is 14.2. The molecule has 1 saturated carbocycles. The smallest absolute Gasteiger partial charge is 0.404 e. The van der Waals surface area contributed by atoms with E-state index in [2.05, 4.69) is 24.4 Å². The van der Waals surface area contributed by atoms with Gasteiger partial charge < -0.3 is 20.2 Å². The summed E-state index contributed by atoms with van der Waals surface area (Å²) in [6, 6.07) is 16.7. The summed E-state index contributed by atoms with van der Waals surface area (Å²) in [7, 11) is 0. The van der Waals surface area contributed by atoms with Gasteiger partial charge in [0.05, 0.1) is 17.8 Å². The minimum atomic E-state index is -1.05. The average molecular weight is 555 g/mol. The fraction of sp³-hybridized carbons (Fsp3) is 0.355. The van der Waals surface area contributed by atoms with Crippen LogP contribution in [0.4, 0.5) is 14.9 Å². The highest BCUT2D eigenvalue weighted by molar-refractivity contribution is 5.93. The summed E-state index contributed by atoms with van der Waals surface area (Å²) in [4.78, 5) is 33.3. The van der Waals surface area contributed by atoms with Gasteiger partial charge in [0.2, 0.25) is 0 Å². The Kier molecular flexibility index (Phi) is 6.13. The fourth-order valence-electron chi connectivity index (χ4n) is 6.30. The van der Waals surface area contributed by atoms with E-state index in [-0.39, 0.29) is 18.0 Å². The molecule has 7 rings (SSSR count). The number of rotatable bonds is 5. The predicted molar refractivity (Wildman–Crippen MR) is 152 cm³/mol. The number of nitrogens with zero attached hydrogens (tertiary/aromatic N) is 5. The van der Waals surface area contributed by atoms with Crippen molar-refractivity contribution in [3.63, 3.8) is 0 Å². The molecule has 2 aliphatic heterocycles. The van der Waals surface area contributed by atoms with Crippen molar-refractivity contribution < 1.29 is 19.1 Å². The Labute approximate surface area is 236 Å². The van der Waals surface area contributed by atoms with Gasteiger partial charge in [-0.05, 0) is 68.0 Å². The van der Waals surface area contributed by atoms with Crippen LogP contribution in [0.5, 0.6) is 0 Å². The Balaban J connectivity index is 1.18. The number of amides is 2. The summed E-state index contributed by atoms with van der Waals surface area (Å²) >= 11 is 0. The van der Waals surface area contributed by atoms with Gasteiger partial charge in [-0.1, -0.05) is 24.3 Å². The van der Waals surface area contributed by atoms with E-state index in [4.69, 9.17) is 15.2 Å². The summed E-state index contributed by atoms with van der Waals surface area (Å²) in [5.74, 6) is -0.212. The summed E-state index contributed by atoms with van der Waals surface area (Å²) in [5.41, 5.74) is 5.82. The Bertz CT molecular complexity index is 1680. The minimum absolute atomic E-state index is 0.0475. The number of nitrogens with one attached hydrogen (secondary N) is 1. The number of aromatic nitrogens is 3. The molecule has 2 aromatic heterocycles. The second kappa shape index (κ2) is 9.87. The minimum Gasteiger partial charge on any atom is -0.465 e. The summed E-state index contributed by atoms with van der Waals surface area (Å²) < 4.78 is 17.2. The second-order valence-corrected chi connectivity index (χ2v) is 11.3. The molecule has 2 N–H and O–H groups in total. The molecule has 1 aliphatic carbocycles. The topological polar surface area (TPSA) is 103 Å². The number of hydrogen-bond donors (Lipinski definition) is 2. The van der Waals surface area contributed by atoms with Crippen LogP contribution in [0.15, 0.2) is 54.6 Å². The van der Waals surface area contributed by atoms with Crippen molar-refractivity contribution in [1.29, 1.82) is 0 Å². The molecule has 41 heavy (non-hydrogen) atoms. The number of carboxylic acid groups (broad SMARTS) is 1. The van der Waals surface area contributed by atoms with E-state index in [1.165, 1.54) is 17.2 Å². The van der Waals surface area contributed by atoms with Gasteiger partial charge in [0.25, 0.3) is 5.91 Å². The molecule has 4 aromatic rings. The molecule has 2 amide bonds. The highest BCUT2D eigenvalue weighted by Gasteiger charge is 2.33. The lowest BCUT2D eigenvalue weighted by atomic mass is 9.93. The second-order valence-electron chi connectivity index (χ2n) is 11.3. The van der Waals surface area contributed by atoms with E-state index in [0.717, 1.165) is 25.0 Å². The number of carbonyl (C=O) groups excluding carboxylic acids is 1. The van der Waals surface area contributed by atoms with E-state index in [1.54, 1.807) is 16.6 Å². The average Bonchev–Trinajstić information content (AvgIpc) is 3.55. The molecule has 0 spiro atoms. The number of fused-ring (bicyclic) bond motifs is 2. The first-order chi connectivity index (χ1) is 19.9. The fourth-order valence-corrected chi connectivity index (χ4v) is 6.30. The molecule has 0 radical (unpaired) electrons. The lowest BCUT2D eigenvalue weighted by Crippen LogP contribution is -2.39. The number of anilines is 1. The van der Waals surface area contributed by atoms with Crippen molar-refractivity contribution in [1.82, 2.24) is 24.8 Å². The normalized spacial score (nSPS) is 20.3. The van der Waals surface area contributed by atoms with Crippen LogP contribution in [0, 0.1) is 5.82 Å². The van der Waals surface area contributed by atoms with Crippen molar-refractivity contribution in [2.24, 2.45) is 0 Å². The maximum atomic E-state index is 15.4. The number of halogens is 1. The molecular weight excluding hydrogens is 523 g/mol. The first-order valence-electron chi connectivity index (χ1n) is 14.2. The molecule has 4 heterocycles. The monoisotopic (exact) mass is 554 g/mol. The van der Waals surface area contributed by atoms with Crippen LogP contribution in [0.25, 0.3) is 16.9 Å². The maximum absolute atomic E-state index is 15.4. The number of carbonyl (C=O) groups is 2. The Morgan fingerprint density at radius 1 is 1.05 bits per heavy atom. The zero-order chi connectivity index (χ0) is 28.2. The van der Waals surface area contributed by atoms with Crippen molar-refractivity contribution in [2.45, 2.75) is 50.6 Å². The largest absolute Gasteiger partial charge is 0.465 e. The third-order valence-electron chi connectivity index (χ3n) is 8.63. The van der Waals surface area contributed by atoms with Crippen molar-refractivity contribution in [3.05, 3.63) is 82.9 Å². The first kappa shape index (κ1) is 25.5. The van der Waals surface area contributed by atoms with E-state index in [0.29, 0.717) is 60.3 Å². The molecule has 2 aromatic carbocycles. The zero-order valence-electron chi connectivity index (χ0n) is 22.8. The van der Waals surface area contributed by atoms with Gasteiger partial charge >= 0.3 is 6.09 Å². The van der Waals surface area contributed by atoms with E-state index in [9.17, 15) is 9.59 Å². The molecule has 1 saturated heterocycles. The van der Waals surface area contributed by atoms with Gasteiger partial charge in [-0.15, -0.1) is 0 Å². The van der Waals surface area contributed by atoms with Gasteiger partial charge in [-0.25, -0.2) is 18.7 Å². The lowest BCUT2D eigenvalue weighted by molar-refractivity contribution is 0.0671. The van der Waals surface area contributed by atoms with Crippen LogP contribution in [-0.4, -0.2) is 62.3 Å². The number of benzene rings is 2. The van der Waals surface area contributed by atoms with Crippen LogP contribution < -0.4 is 10.2 Å². The molecule has 2 atom stereocenters. The van der Waals surface area contributed by atoms with Gasteiger partial charge in [0.15, 0.2) is 5.65 Å². The molecular formula is C31H31FN6O3. The van der Waals surface area contributed by atoms with E-state index in [1.807, 2.05) is 34.1 Å². The SMILES string of the molecule is C[C@@H]1c2ccccc2CCN1C(=O)c1cc(C2CC2)n2nc(-c3ccc(N4CC[C@H](NC(=O)O)C4)cc3F)cc2n1. The predicted octanol–water partition coefficient (Wildman–Crippen LogP) is 5.02. The van der Waals surface area contributed by atoms with Crippen LogP contribution in [0.2, 0.25) is 0 Å². The molecule has 3 aliphatic rings. The summed E-state index contributed by atoms with van der Waals surface area (Å²) in [6.07, 6.45) is 2.47. The summed E-state index contributed by atoms with van der Waals surface area (Å²) in [5, 5.41) is 16.2. The Morgan fingerprint density at radius 3 is 2.66 bits per heavy atom. The van der Waals surface area contributed by atoms with Crippen LogP contribution >= 0.6 is 0 Å². The molecule has 210 valence electrons. The van der Waals surface area contributed by atoms with Crippen LogP contribution in [0.1, 0.15) is 65.5 Å². The third-order valence-corrected chi connectivity index (χ3v) is 8.63. The van der Waals surface area contributed by atoms with Gasteiger partial charge in [-0.3, -0.25) is 4.79 Å². The number of hydrogen-bond acceptors (Lipinski definition) is 5. The zero-order valence-corrected chi connectivity index (χ0v) is 22.8. The highest BCUT2D eigenvalue weighted by Crippen LogP contribution is 2.41. The summed E-state index contributed by atoms with van der Waals surface area (Å²) in [6.45, 7) is 3.83. The van der Waals surface area contributed by atoms with E-state index >= 15 is 4.39 Å². The Hall–Kier alpha value is -4.47. The lowest BCUT2D eigenvalue weighted by Gasteiger charge is -2.35. The molecule has 2 fully saturated rings. The third kappa shape index (κ3) is 4.67. The standard InChI is InChI=1S/C31H31FN6O3/c1-18-23-5-3-2-4-19(23)10-13-37(18)30(39)27-15-28(20-6-7-20)38-29(34-27)16-26(35-38)24-9-8-22(14-25(24)32)36-12-11-21(17-36)33-31(40)41/h2-5,8-9,14-16,18,20-21,33H,6-7,10-13,17H2,1H3,(H,40,41)/t18-,21+/m1/s1. The van der Waals surface area contributed by atoms with Crippen molar-refractivity contribution in [3.8, 4) is 11.3 Å². The van der Waals surface area contributed by atoms with Gasteiger partial charge in [0, 0.05) is 48.6 Å². The molecule has 9 nitrogen and oxygen atoms in total. The van der Waals surface area contributed by atoms with Crippen LogP contribution in [-0.2, 0) is 6.42 Å². The highest BCUT2D eigenvalue weighted by atomic mass is 19.1. The maximum Gasteiger partial charge on any atom is 0.404 e. The molecule has 0 unspecified atom stereocenters. The van der Waals surface area contributed by atoms with E-state index < -0.39 is 11.9 Å². The van der Waals surface area contributed by atoms with Crippen LogP contribution in [0.3, 0.4) is 0 Å². The quantitative estimate of drug-likeness (QED) is 0.359. The van der Waals surface area contributed by atoms with Gasteiger partial charge in [-0.2, -0.15) is 5.10 Å². The van der Waals surface area contributed by atoms with Crippen molar-refractivity contribution in [2.75, 3.05) is 24.5 Å². The molecule has 10 heteroatoms. The Morgan fingerprint density at radius 2 is 1.88 bits per heavy atom. The molecule has 0 bridgehead atoms. The van der Waals surface area contributed by atoms with Crippen molar-refractivity contribution >= 4 is 23.3 Å². The van der Waals surface area contributed by atoms with Gasteiger partial charge in [0.1, 0.15) is 11.5 Å².